The maximum Gasteiger partial charge on any atom is 0.123 e. The van der Waals surface area contributed by atoms with Gasteiger partial charge in [-0.3, -0.25) is 4.21 Å². The second-order valence-corrected chi connectivity index (χ2v) is 5.43. The van der Waals surface area contributed by atoms with E-state index in [1.807, 2.05) is 6.07 Å². The van der Waals surface area contributed by atoms with Gasteiger partial charge in [-0.2, -0.15) is 0 Å². The number of rotatable bonds is 2. The Kier molecular flexibility index (Phi) is 3.20. The van der Waals surface area contributed by atoms with Gasteiger partial charge >= 0.3 is 0 Å². The van der Waals surface area contributed by atoms with E-state index in [4.69, 9.17) is 5.73 Å². The molecule has 4 nitrogen and oxygen atoms in total. The molecule has 2 heterocycles. The lowest BCUT2D eigenvalue weighted by Crippen LogP contribution is -2.29. The molecular weight excluding hydrogens is 210 g/mol. The van der Waals surface area contributed by atoms with Crippen molar-refractivity contribution < 1.29 is 4.21 Å². The molecule has 1 saturated heterocycles. The van der Waals surface area contributed by atoms with Crippen molar-refractivity contribution in [2.45, 2.75) is 18.9 Å². The summed E-state index contributed by atoms with van der Waals surface area (Å²) in [5.74, 6) is 2.14. The van der Waals surface area contributed by atoms with E-state index in [0.717, 1.165) is 30.0 Å². The molecule has 0 atom stereocenters. The van der Waals surface area contributed by atoms with Gasteiger partial charge < -0.3 is 11.1 Å². The normalized spacial score (nSPS) is 26.1. The number of nitrogens with one attached hydrogen (secondary N) is 1. The average Bonchev–Trinajstić information content (AvgIpc) is 2.25. The summed E-state index contributed by atoms with van der Waals surface area (Å²) in [7, 11) is -0.598. The van der Waals surface area contributed by atoms with Crippen LogP contribution in [-0.2, 0) is 10.8 Å². The molecule has 15 heavy (non-hydrogen) atoms. The van der Waals surface area contributed by atoms with Gasteiger partial charge in [-0.05, 0) is 25.0 Å². The van der Waals surface area contributed by atoms with Crippen molar-refractivity contribution in [3.63, 3.8) is 0 Å². The summed E-state index contributed by atoms with van der Waals surface area (Å²) in [6.45, 7) is 0. The number of pyridine rings is 1. The number of anilines is 2. The molecule has 1 fully saturated rings. The van der Waals surface area contributed by atoms with Gasteiger partial charge in [0, 0.05) is 28.3 Å². The number of aromatic nitrogens is 1. The standard InChI is InChI=1S/C10H15N3OS/c11-10-2-1-9(7-12-10)13-8-3-5-15(14)6-4-8/h1-2,7-8,13H,3-6H2,(H2,11,12). The van der Waals surface area contributed by atoms with Gasteiger partial charge in [-0.15, -0.1) is 0 Å². The Bertz CT molecular complexity index is 342. The predicted octanol–water partition coefficient (Wildman–Crippen LogP) is 0.987. The van der Waals surface area contributed by atoms with Gasteiger partial charge in [0.05, 0.1) is 11.9 Å². The van der Waals surface area contributed by atoms with E-state index < -0.39 is 10.8 Å². The zero-order valence-electron chi connectivity index (χ0n) is 8.48. The number of nitrogens with two attached hydrogens (primary N) is 1. The van der Waals surface area contributed by atoms with Crippen molar-refractivity contribution >= 4 is 22.3 Å². The van der Waals surface area contributed by atoms with E-state index in [2.05, 4.69) is 10.3 Å². The van der Waals surface area contributed by atoms with Gasteiger partial charge in [-0.25, -0.2) is 4.98 Å². The fourth-order valence-electron chi connectivity index (χ4n) is 1.66. The van der Waals surface area contributed by atoms with Gasteiger partial charge in [0.25, 0.3) is 0 Å². The lowest BCUT2D eigenvalue weighted by molar-refractivity contribution is 0.624. The number of hydrogen-bond donors (Lipinski definition) is 2. The van der Waals surface area contributed by atoms with Crippen molar-refractivity contribution in [1.82, 2.24) is 4.98 Å². The van der Waals surface area contributed by atoms with Crippen LogP contribution in [0.4, 0.5) is 11.5 Å². The van der Waals surface area contributed by atoms with Crippen LogP contribution in [0.3, 0.4) is 0 Å². The van der Waals surface area contributed by atoms with Crippen LogP contribution in [-0.4, -0.2) is 26.7 Å². The molecule has 3 N–H and O–H groups in total. The maximum absolute atomic E-state index is 11.2. The molecule has 0 unspecified atom stereocenters. The molecule has 82 valence electrons. The fourth-order valence-corrected chi connectivity index (χ4v) is 2.96. The zero-order valence-corrected chi connectivity index (χ0v) is 9.30. The Hall–Kier alpha value is -1.10. The maximum atomic E-state index is 11.2. The molecule has 0 saturated carbocycles. The summed E-state index contributed by atoms with van der Waals surface area (Å²) in [4.78, 5) is 4.01. The summed E-state index contributed by atoms with van der Waals surface area (Å²) in [5.41, 5.74) is 6.49. The molecule has 0 amide bonds. The van der Waals surface area contributed by atoms with Crippen LogP contribution in [0.25, 0.3) is 0 Å². The second kappa shape index (κ2) is 4.61. The van der Waals surface area contributed by atoms with Crippen LogP contribution in [0.2, 0.25) is 0 Å². The van der Waals surface area contributed by atoms with E-state index in [9.17, 15) is 4.21 Å². The van der Waals surface area contributed by atoms with Crippen LogP contribution in [0, 0.1) is 0 Å². The largest absolute Gasteiger partial charge is 0.384 e. The van der Waals surface area contributed by atoms with Gasteiger partial charge in [0.15, 0.2) is 0 Å². The van der Waals surface area contributed by atoms with Crippen LogP contribution >= 0.6 is 0 Å². The molecule has 1 aromatic heterocycles. The van der Waals surface area contributed by atoms with Crippen molar-refractivity contribution in [2.24, 2.45) is 0 Å². The zero-order chi connectivity index (χ0) is 10.7. The summed E-state index contributed by atoms with van der Waals surface area (Å²) in [6, 6.07) is 4.13. The number of nitrogens with zero attached hydrogens (tertiary/aromatic N) is 1. The van der Waals surface area contributed by atoms with E-state index in [0.29, 0.717) is 11.9 Å². The molecule has 1 aromatic rings. The van der Waals surface area contributed by atoms with Crippen molar-refractivity contribution in [3.8, 4) is 0 Å². The minimum atomic E-state index is -0.598. The monoisotopic (exact) mass is 225 g/mol. The molecule has 1 aliphatic rings. The first-order valence-corrected chi connectivity index (χ1v) is 6.56. The third-order valence-electron chi connectivity index (χ3n) is 2.55. The lowest BCUT2D eigenvalue weighted by Gasteiger charge is -2.23. The second-order valence-electron chi connectivity index (χ2n) is 3.74. The molecular formula is C10H15N3OS. The van der Waals surface area contributed by atoms with Gasteiger partial charge in [0.2, 0.25) is 0 Å². The molecule has 5 heteroatoms. The predicted molar refractivity (Wildman–Crippen MR) is 63.2 cm³/mol. The summed E-state index contributed by atoms with van der Waals surface area (Å²) >= 11 is 0. The SMILES string of the molecule is Nc1ccc(NC2CCS(=O)CC2)cn1. The first kappa shape index (κ1) is 10.4. The summed E-state index contributed by atoms with van der Waals surface area (Å²) in [5, 5.41) is 3.38. The molecule has 0 bridgehead atoms. The highest BCUT2D eigenvalue weighted by molar-refractivity contribution is 7.85. The van der Waals surface area contributed by atoms with E-state index in [-0.39, 0.29) is 0 Å². The smallest absolute Gasteiger partial charge is 0.123 e. The highest BCUT2D eigenvalue weighted by atomic mass is 32.2. The minimum Gasteiger partial charge on any atom is -0.384 e. The third-order valence-corrected chi connectivity index (χ3v) is 3.93. The van der Waals surface area contributed by atoms with Crippen LogP contribution in [0.15, 0.2) is 18.3 Å². The molecule has 2 rings (SSSR count). The summed E-state index contributed by atoms with van der Waals surface area (Å²) in [6.07, 6.45) is 3.68. The van der Waals surface area contributed by atoms with Crippen LogP contribution in [0.5, 0.6) is 0 Å². The van der Waals surface area contributed by atoms with E-state index >= 15 is 0 Å². The molecule has 0 aliphatic carbocycles. The Morgan fingerprint density at radius 1 is 1.40 bits per heavy atom. The Balaban J connectivity index is 1.91. The molecule has 0 spiro atoms. The first-order valence-electron chi connectivity index (χ1n) is 5.07. The van der Waals surface area contributed by atoms with Crippen molar-refractivity contribution in [1.29, 1.82) is 0 Å². The van der Waals surface area contributed by atoms with E-state index in [1.165, 1.54) is 0 Å². The van der Waals surface area contributed by atoms with E-state index in [1.54, 1.807) is 12.3 Å². The lowest BCUT2D eigenvalue weighted by atomic mass is 10.1. The Morgan fingerprint density at radius 3 is 2.73 bits per heavy atom. The van der Waals surface area contributed by atoms with Crippen molar-refractivity contribution in [2.75, 3.05) is 22.6 Å². The Morgan fingerprint density at radius 2 is 2.13 bits per heavy atom. The topological polar surface area (TPSA) is 68.0 Å². The van der Waals surface area contributed by atoms with Gasteiger partial charge in [0.1, 0.15) is 5.82 Å². The molecule has 0 aromatic carbocycles. The number of hydrogen-bond acceptors (Lipinski definition) is 4. The number of nitrogen functional groups attached to an aromatic ring is 1. The Labute approximate surface area is 91.7 Å². The summed E-state index contributed by atoms with van der Waals surface area (Å²) < 4.78 is 11.2. The minimum absolute atomic E-state index is 0.424. The fraction of sp³-hybridized carbons (Fsp3) is 0.500. The van der Waals surface area contributed by atoms with Crippen LogP contribution in [0.1, 0.15) is 12.8 Å². The highest BCUT2D eigenvalue weighted by Crippen LogP contribution is 2.15. The highest BCUT2D eigenvalue weighted by Gasteiger charge is 2.17. The molecule has 1 aliphatic heterocycles. The molecule has 0 radical (unpaired) electrons. The third kappa shape index (κ3) is 2.92. The first-order chi connectivity index (χ1) is 7.24. The van der Waals surface area contributed by atoms with Crippen LogP contribution < -0.4 is 11.1 Å². The van der Waals surface area contributed by atoms with Gasteiger partial charge in [-0.1, -0.05) is 0 Å². The van der Waals surface area contributed by atoms with Crippen molar-refractivity contribution in [3.05, 3.63) is 18.3 Å². The average molecular weight is 225 g/mol. The quantitative estimate of drug-likeness (QED) is 0.787.